The molecule has 0 aliphatic rings. The first kappa shape index (κ1) is 14.9. The average Bonchev–Trinajstić information content (AvgIpc) is 2.37. The molecule has 0 saturated carbocycles. The highest BCUT2D eigenvalue weighted by atomic mass is 19.1. The van der Waals surface area contributed by atoms with Crippen LogP contribution in [-0.2, 0) is 4.79 Å². The van der Waals surface area contributed by atoms with Gasteiger partial charge in [0.15, 0.2) is 0 Å². The highest BCUT2D eigenvalue weighted by Crippen LogP contribution is 2.12. The van der Waals surface area contributed by atoms with E-state index >= 15 is 0 Å². The van der Waals surface area contributed by atoms with E-state index in [1.807, 2.05) is 6.92 Å². The first-order valence-corrected chi connectivity index (χ1v) is 6.09. The van der Waals surface area contributed by atoms with Crippen molar-refractivity contribution in [3.63, 3.8) is 0 Å². The summed E-state index contributed by atoms with van der Waals surface area (Å²) in [6, 6.07) is 3.99. The zero-order chi connectivity index (χ0) is 14.3. The Hall–Kier alpha value is -2.11. The van der Waals surface area contributed by atoms with Crippen LogP contribution in [0, 0.1) is 5.82 Å². The van der Waals surface area contributed by atoms with Crippen LogP contribution in [0.1, 0.15) is 26.2 Å². The molecule has 1 rings (SSSR count). The third kappa shape index (κ3) is 4.95. The van der Waals surface area contributed by atoms with Crippen molar-refractivity contribution in [2.75, 3.05) is 5.32 Å². The number of carbonyl (C=O) groups excluding carboxylic acids is 1. The van der Waals surface area contributed by atoms with Gasteiger partial charge in [-0.2, -0.15) is 0 Å². The van der Waals surface area contributed by atoms with E-state index in [0.29, 0.717) is 12.8 Å². The minimum atomic E-state index is -1.10. The van der Waals surface area contributed by atoms with Crippen molar-refractivity contribution in [1.82, 2.24) is 5.32 Å². The maximum atomic E-state index is 13.3. The number of amides is 2. The fraction of sp³-hybridized carbons (Fsp3) is 0.385. The number of carboxylic acid groups (broad SMARTS) is 1. The predicted octanol–water partition coefficient (Wildman–Crippen LogP) is 2.59. The molecule has 1 unspecified atom stereocenters. The Kier molecular flexibility index (Phi) is 5.78. The average molecular weight is 268 g/mol. The highest BCUT2D eigenvalue weighted by molar-refractivity contribution is 5.92. The van der Waals surface area contributed by atoms with Gasteiger partial charge in [-0.1, -0.05) is 31.9 Å². The second-order valence-corrected chi connectivity index (χ2v) is 4.11. The number of rotatable bonds is 6. The van der Waals surface area contributed by atoms with Crippen molar-refractivity contribution in [2.45, 2.75) is 32.2 Å². The molecule has 0 aliphatic carbocycles. The summed E-state index contributed by atoms with van der Waals surface area (Å²) in [4.78, 5) is 22.5. The predicted molar refractivity (Wildman–Crippen MR) is 69.5 cm³/mol. The Morgan fingerprint density at radius 3 is 2.63 bits per heavy atom. The minimum Gasteiger partial charge on any atom is -0.480 e. The van der Waals surface area contributed by atoms with Gasteiger partial charge in [0.2, 0.25) is 0 Å². The van der Waals surface area contributed by atoms with Gasteiger partial charge in [-0.25, -0.2) is 14.0 Å². The van der Waals surface area contributed by atoms with Crippen LogP contribution in [0.4, 0.5) is 14.9 Å². The summed E-state index contributed by atoms with van der Waals surface area (Å²) in [5, 5.41) is 13.5. The van der Waals surface area contributed by atoms with Gasteiger partial charge >= 0.3 is 12.0 Å². The Balaban J connectivity index is 2.58. The van der Waals surface area contributed by atoms with Gasteiger partial charge in [0.25, 0.3) is 0 Å². The molecule has 0 fully saturated rings. The third-order valence-corrected chi connectivity index (χ3v) is 2.57. The van der Waals surface area contributed by atoms with Crippen LogP contribution in [0.3, 0.4) is 0 Å². The largest absolute Gasteiger partial charge is 0.480 e. The Morgan fingerprint density at radius 1 is 1.37 bits per heavy atom. The summed E-state index contributed by atoms with van der Waals surface area (Å²) in [6.07, 6.45) is 1.87. The lowest BCUT2D eigenvalue weighted by Crippen LogP contribution is -2.43. The zero-order valence-electron chi connectivity index (χ0n) is 10.6. The number of urea groups is 1. The molecule has 6 heteroatoms. The second kappa shape index (κ2) is 7.35. The number of hydrogen-bond acceptors (Lipinski definition) is 2. The van der Waals surface area contributed by atoms with Gasteiger partial charge < -0.3 is 15.7 Å². The summed E-state index contributed by atoms with van der Waals surface area (Å²) in [6.45, 7) is 1.93. The first-order valence-electron chi connectivity index (χ1n) is 6.09. The maximum absolute atomic E-state index is 13.3. The smallest absolute Gasteiger partial charge is 0.326 e. The van der Waals surface area contributed by atoms with Crippen molar-refractivity contribution in [3.05, 3.63) is 30.1 Å². The number of benzene rings is 1. The van der Waals surface area contributed by atoms with Gasteiger partial charge in [-0.15, -0.1) is 0 Å². The number of carbonyl (C=O) groups is 2. The van der Waals surface area contributed by atoms with E-state index in [9.17, 15) is 14.0 Å². The minimum absolute atomic E-state index is 0.0135. The van der Waals surface area contributed by atoms with Crippen molar-refractivity contribution in [3.8, 4) is 0 Å². The van der Waals surface area contributed by atoms with Crippen LogP contribution in [0.2, 0.25) is 0 Å². The lowest BCUT2D eigenvalue weighted by Gasteiger charge is -2.15. The van der Waals surface area contributed by atoms with Crippen molar-refractivity contribution >= 4 is 17.7 Å². The molecule has 5 nitrogen and oxygen atoms in total. The van der Waals surface area contributed by atoms with Crippen LogP contribution in [-0.4, -0.2) is 23.1 Å². The summed E-state index contributed by atoms with van der Waals surface area (Å²) in [5.41, 5.74) is 0.0135. The van der Waals surface area contributed by atoms with Gasteiger partial charge in [-0.05, 0) is 18.6 Å². The number of aliphatic carboxylic acids is 1. The Morgan fingerprint density at radius 2 is 2.05 bits per heavy atom. The number of halogens is 1. The Labute approximate surface area is 110 Å². The van der Waals surface area contributed by atoms with Gasteiger partial charge in [0.05, 0.1) is 5.69 Å². The van der Waals surface area contributed by atoms with E-state index in [2.05, 4.69) is 10.6 Å². The molecular weight excluding hydrogens is 251 g/mol. The lowest BCUT2D eigenvalue weighted by molar-refractivity contribution is -0.139. The molecule has 3 N–H and O–H groups in total. The zero-order valence-corrected chi connectivity index (χ0v) is 10.6. The van der Waals surface area contributed by atoms with Crippen molar-refractivity contribution in [1.29, 1.82) is 0 Å². The number of nitrogens with one attached hydrogen (secondary N) is 2. The topological polar surface area (TPSA) is 78.4 Å². The molecule has 1 aromatic carbocycles. The van der Waals surface area contributed by atoms with Gasteiger partial charge in [0, 0.05) is 0 Å². The van der Waals surface area contributed by atoms with Crippen molar-refractivity contribution < 1.29 is 19.1 Å². The van der Waals surface area contributed by atoms with Crippen LogP contribution >= 0.6 is 0 Å². The summed E-state index contributed by atoms with van der Waals surface area (Å²) in [5.74, 6) is -1.67. The number of unbranched alkanes of at least 4 members (excludes halogenated alkanes) is 1. The number of hydrogen-bond donors (Lipinski definition) is 3. The summed E-state index contributed by atoms with van der Waals surface area (Å²) in [7, 11) is 0. The number of para-hydroxylation sites is 1. The molecule has 2 amide bonds. The third-order valence-electron chi connectivity index (χ3n) is 2.57. The normalized spacial score (nSPS) is 11.7. The fourth-order valence-electron chi connectivity index (χ4n) is 1.54. The van der Waals surface area contributed by atoms with Crippen LogP contribution in [0.5, 0.6) is 0 Å². The molecule has 1 aromatic rings. The second-order valence-electron chi connectivity index (χ2n) is 4.11. The SMILES string of the molecule is CCCCC(NC(=O)Nc1ccccc1F)C(=O)O. The van der Waals surface area contributed by atoms with E-state index in [-0.39, 0.29) is 5.69 Å². The van der Waals surface area contributed by atoms with Crippen LogP contribution in [0.25, 0.3) is 0 Å². The molecular formula is C13H17FN2O3. The number of carboxylic acids is 1. The standard InChI is InChI=1S/C13H17FN2O3/c1-2-3-7-11(12(17)18)16-13(19)15-10-8-5-4-6-9(10)14/h4-6,8,11H,2-3,7H2,1H3,(H,17,18)(H2,15,16,19). The first-order chi connectivity index (χ1) is 9.04. The molecule has 19 heavy (non-hydrogen) atoms. The van der Waals surface area contributed by atoms with E-state index < -0.39 is 23.9 Å². The molecule has 0 bridgehead atoms. The molecule has 0 spiro atoms. The van der Waals surface area contributed by atoms with E-state index in [0.717, 1.165) is 6.42 Å². The molecule has 0 heterocycles. The van der Waals surface area contributed by atoms with E-state index in [1.54, 1.807) is 6.07 Å². The molecule has 0 saturated heterocycles. The lowest BCUT2D eigenvalue weighted by atomic mass is 10.1. The van der Waals surface area contributed by atoms with E-state index in [4.69, 9.17) is 5.11 Å². The van der Waals surface area contributed by atoms with Crippen molar-refractivity contribution in [2.24, 2.45) is 0 Å². The van der Waals surface area contributed by atoms with Gasteiger partial charge in [-0.3, -0.25) is 0 Å². The summed E-state index contributed by atoms with van der Waals surface area (Å²) < 4.78 is 13.3. The van der Waals surface area contributed by atoms with Crippen LogP contribution < -0.4 is 10.6 Å². The monoisotopic (exact) mass is 268 g/mol. The quantitative estimate of drug-likeness (QED) is 0.742. The van der Waals surface area contributed by atoms with Crippen LogP contribution in [0.15, 0.2) is 24.3 Å². The molecule has 0 aliphatic heterocycles. The number of anilines is 1. The molecule has 1 atom stereocenters. The molecule has 104 valence electrons. The molecule has 0 aromatic heterocycles. The fourth-order valence-corrected chi connectivity index (χ4v) is 1.54. The summed E-state index contributed by atoms with van der Waals surface area (Å²) >= 11 is 0. The molecule has 0 radical (unpaired) electrons. The van der Waals surface area contributed by atoms with Gasteiger partial charge in [0.1, 0.15) is 11.9 Å². The Bertz CT molecular complexity index is 451. The van der Waals surface area contributed by atoms with E-state index in [1.165, 1.54) is 18.2 Å². The highest BCUT2D eigenvalue weighted by Gasteiger charge is 2.19. The maximum Gasteiger partial charge on any atom is 0.326 e.